The quantitative estimate of drug-likeness (QED) is 0.205. The van der Waals surface area contributed by atoms with E-state index in [1.807, 2.05) is 0 Å². The van der Waals surface area contributed by atoms with E-state index in [9.17, 15) is 18.4 Å². The minimum atomic E-state index is -0.826. The minimum Gasteiger partial charge on any atom is -0.422 e. The Bertz CT molecular complexity index is 1590. The molecule has 0 saturated carbocycles. The lowest BCUT2D eigenvalue weighted by Crippen LogP contribution is -2.30. The predicted molar refractivity (Wildman–Crippen MR) is 123 cm³/mol. The highest BCUT2D eigenvalue weighted by molar-refractivity contribution is 7.22. The number of anilines is 1. The fourth-order valence-electron chi connectivity index (χ4n) is 3.16. The molecule has 9 heteroatoms. The van der Waals surface area contributed by atoms with Crippen LogP contribution in [0.25, 0.3) is 21.2 Å². The van der Waals surface area contributed by atoms with Crippen molar-refractivity contribution in [3.8, 4) is 0 Å². The van der Waals surface area contributed by atoms with Gasteiger partial charge in [-0.3, -0.25) is 4.79 Å². The molecule has 0 bridgehead atoms. The summed E-state index contributed by atoms with van der Waals surface area (Å²) in [5.74, 6) is -1.63. The number of carbonyl (C=O) groups is 1. The summed E-state index contributed by atoms with van der Waals surface area (Å²) in [7, 11) is 0. The van der Waals surface area contributed by atoms with Crippen molar-refractivity contribution < 1.29 is 18.0 Å². The molecule has 3 aromatic carbocycles. The Labute approximate surface area is 189 Å². The number of benzene rings is 3. The second-order valence-corrected chi connectivity index (χ2v) is 8.02. The zero-order chi connectivity index (χ0) is 22.9. The number of rotatable bonds is 4. The van der Waals surface area contributed by atoms with Gasteiger partial charge in [0.2, 0.25) is 5.13 Å². The van der Waals surface area contributed by atoms with Gasteiger partial charge in [0.25, 0.3) is 5.91 Å². The monoisotopic (exact) mass is 461 g/mol. The third-order valence-electron chi connectivity index (χ3n) is 4.78. The Morgan fingerprint density at radius 1 is 1.00 bits per heavy atom. The number of amides is 1. The summed E-state index contributed by atoms with van der Waals surface area (Å²) in [5.41, 5.74) is 0.266. The number of carbonyl (C=O) groups excluding carboxylic acids is 1. The summed E-state index contributed by atoms with van der Waals surface area (Å²) in [6, 6.07) is 17.8. The van der Waals surface area contributed by atoms with Gasteiger partial charge in [-0.1, -0.05) is 41.7 Å². The molecule has 0 atom stereocenters. The first-order valence-corrected chi connectivity index (χ1v) is 10.5. The first-order valence-electron chi connectivity index (χ1n) is 9.71. The van der Waals surface area contributed by atoms with Crippen molar-refractivity contribution in [1.82, 2.24) is 4.98 Å². The fourth-order valence-corrected chi connectivity index (χ4v) is 4.11. The zero-order valence-electron chi connectivity index (χ0n) is 16.7. The van der Waals surface area contributed by atoms with E-state index in [2.05, 4.69) is 10.1 Å². The summed E-state index contributed by atoms with van der Waals surface area (Å²) < 4.78 is 32.7. The van der Waals surface area contributed by atoms with Gasteiger partial charge in [-0.05, 0) is 48.0 Å². The van der Waals surface area contributed by atoms with Crippen molar-refractivity contribution >= 4 is 49.8 Å². The molecule has 0 aliphatic carbocycles. The van der Waals surface area contributed by atoms with Gasteiger partial charge in [0.15, 0.2) is 0 Å². The largest absolute Gasteiger partial charge is 0.422 e. The summed E-state index contributed by atoms with van der Waals surface area (Å²) in [4.78, 5) is 30.3. The third kappa shape index (κ3) is 4.13. The second kappa shape index (κ2) is 8.36. The average Bonchev–Trinajstić information content (AvgIpc) is 3.22. The van der Waals surface area contributed by atoms with Gasteiger partial charge in [-0.15, -0.1) is 0 Å². The van der Waals surface area contributed by atoms with Gasteiger partial charge in [-0.25, -0.2) is 18.6 Å². The SMILES string of the molecule is O=C(c1cc2ccccc2oc1=O)N(/N=C/c1ccc(F)cc1)c1nc2ccc(F)cc2s1. The molecule has 5 rings (SSSR count). The molecule has 0 aliphatic heterocycles. The van der Waals surface area contributed by atoms with Crippen molar-refractivity contribution in [1.29, 1.82) is 0 Å². The zero-order valence-corrected chi connectivity index (χ0v) is 17.6. The Balaban J connectivity index is 1.62. The van der Waals surface area contributed by atoms with Crippen molar-refractivity contribution in [2.45, 2.75) is 0 Å². The maximum absolute atomic E-state index is 13.7. The Hall–Kier alpha value is -4.24. The smallest absolute Gasteiger partial charge is 0.349 e. The molecule has 0 unspecified atom stereocenters. The second-order valence-electron chi connectivity index (χ2n) is 7.01. The lowest BCUT2D eigenvalue weighted by molar-refractivity contribution is 0.0984. The van der Waals surface area contributed by atoms with Crippen LogP contribution in [0.15, 0.2) is 87.1 Å². The van der Waals surface area contributed by atoms with Crippen LogP contribution in [-0.4, -0.2) is 17.1 Å². The summed E-state index contributed by atoms with van der Waals surface area (Å²) >= 11 is 1.04. The topological polar surface area (TPSA) is 75.8 Å². The highest BCUT2D eigenvalue weighted by Gasteiger charge is 2.25. The first kappa shape index (κ1) is 20.7. The number of thiazole rings is 1. The van der Waals surface area contributed by atoms with Crippen LogP contribution >= 0.6 is 11.3 Å². The molecule has 0 spiro atoms. The molecule has 0 radical (unpaired) electrons. The Kier molecular flexibility index (Phi) is 5.23. The van der Waals surface area contributed by atoms with Crippen molar-refractivity contribution in [2.24, 2.45) is 5.10 Å². The molecule has 162 valence electrons. The average molecular weight is 461 g/mol. The maximum atomic E-state index is 13.7. The normalized spacial score (nSPS) is 11.5. The Morgan fingerprint density at radius 3 is 2.58 bits per heavy atom. The lowest BCUT2D eigenvalue weighted by atomic mass is 10.2. The van der Waals surface area contributed by atoms with Gasteiger partial charge >= 0.3 is 5.63 Å². The van der Waals surface area contributed by atoms with Crippen LogP contribution in [0, 0.1) is 11.6 Å². The van der Waals surface area contributed by atoms with Gasteiger partial charge in [0.05, 0.1) is 16.4 Å². The molecular weight excluding hydrogens is 448 g/mol. The maximum Gasteiger partial charge on any atom is 0.349 e. The number of hydrogen-bond acceptors (Lipinski definition) is 6. The first-order chi connectivity index (χ1) is 16.0. The van der Waals surface area contributed by atoms with Crippen LogP contribution in [-0.2, 0) is 0 Å². The third-order valence-corrected chi connectivity index (χ3v) is 5.77. The van der Waals surface area contributed by atoms with Crippen molar-refractivity contribution in [3.05, 3.63) is 106 Å². The number of halogens is 2. The number of para-hydroxylation sites is 1. The number of fused-ring (bicyclic) bond motifs is 2. The van der Waals surface area contributed by atoms with Crippen LogP contribution in [0.5, 0.6) is 0 Å². The van der Waals surface area contributed by atoms with Crippen LogP contribution in [0.1, 0.15) is 15.9 Å². The van der Waals surface area contributed by atoms with E-state index < -0.39 is 23.2 Å². The van der Waals surface area contributed by atoms with Crippen LogP contribution in [0.2, 0.25) is 0 Å². The summed E-state index contributed by atoms with van der Waals surface area (Å²) in [5, 5.41) is 5.87. The van der Waals surface area contributed by atoms with E-state index in [0.29, 0.717) is 26.7 Å². The number of nitrogens with zero attached hydrogens (tertiary/aromatic N) is 3. The minimum absolute atomic E-state index is 0.131. The summed E-state index contributed by atoms with van der Waals surface area (Å²) in [6.45, 7) is 0. The van der Waals surface area contributed by atoms with Crippen molar-refractivity contribution in [2.75, 3.05) is 5.01 Å². The molecule has 33 heavy (non-hydrogen) atoms. The van der Waals surface area contributed by atoms with Gasteiger partial charge < -0.3 is 4.42 Å². The Morgan fingerprint density at radius 2 is 1.76 bits per heavy atom. The molecule has 6 nitrogen and oxygen atoms in total. The van der Waals surface area contributed by atoms with Gasteiger partial charge in [0.1, 0.15) is 22.8 Å². The fraction of sp³-hybridized carbons (Fsp3) is 0. The van der Waals surface area contributed by atoms with E-state index >= 15 is 0 Å². The molecule has 5 aromatic rings. The molecule has 2 heterocycles. The standard InChI is InChI=1S/C24H13F2N3O3S/c25-16-7-5-14(6-8-16)13-27-29(24-28-19-10-9-17(26)12-21(19)33-24)22(30)18-11-15-3-1-2-4-20(15)32-23(18)31/h1-13H/b27-13+. The molecule has 2 aromatic heterocycles. The van der Waals surface area contributed by atoms with E-state index in [0.717, 1.165) is 16.3 Å². The number of hydrazone groups is 1. The van der Waals surface area contributed by atoms with Crippen LogP contribution in [0.4, 0.5) is 13.9 Å². The molecule has 0 N–H and O–H groups in total. The molecular formula is C24H13F2N3O3S. The van der Waals surface area contributed by atoms with E-state index in [1.165, 1.54) is 54.7 Å². The molecule has 0 fully saturated rings. The lowest BCUT2D eigenvalue weighted by Gasteiger charge is -2.13. The van der Waals surface area contributed by atoms with E-state index in [4.69, 9.17) is 4.42 Å². The highest BCUT2D eigenvalue weighted by atomic mass is 32.1. The van der Waals surface area contributed by atoms with E-state index in [-0.39, 0.29) is 10.7 Å². The van der Waals surface area contributed by atoms with Gasteiger partial charge in [-0.2, -0.15) is 10.1 Å². The summed E-state index contributed by atoms with van der Waals surface area (Å²) in [6.07, 6.45) is 1.34. The van der Waals surface area contributed by atoms with Gasteiger partial charge in [0, 0.05) is 5.39 Å². The van der Waals surface area contributed by atoms with Crippen LogP contribution in [0.3, 0.4) is 0 Å². The van der Waals surface area contributed by atoms with Crippen LogP contribution < -0.4 is 10.6 Å². The number of aromatic nitrogens is 1. The predicted octanol–water partition coefficient (Wildman–Crippen LogP) is 5.36. The highest BCUT2D eigenvalue weighted by Crippen LogP contribution is 2.30. The molecule has 0 aliphatic rings. The van der Waals surface area contributed by atoms with E-state index in [1.54, 1.807) is 24.3 Å². The molecule has 1 amide bonds. The molecule has 0 saturated heterocycles. The number of hydrogen-bond donors (Lipinski definition) is 0. The van der Waals surface area contributed by atoms with Crippen molar-refractivity contribution in [3.63, 3.8) is 0 Å².